The summed E-state index contributed by atoms with van der Waals surface area (Å²) in [6.07, 6.45) is 10.1. The minimum atomic E-state index is -0.380. The maximum absolute atomic E-state index is 11.0. The van der Waals surface area contributed by atoms with Gasteiger partial charge in [-0.15, -0.1) is 0 Å². The van der Waals surface area contributed by atoms with Gasteiger partial charge in [-0.2, -0.15) is 0 Å². The van der Waals surface area contributed by atoms with Crippen LogP contribution in [0.3, 0.4) is 0 Å². The average Bonchev–Trinajstić information content (AvgIpc) is 2.48. The molecule has 0 amide bonds. The van der Waals surface area contributed by atoms with E-state index in [-0.39, 0.29) is 16.3 Å². The van der Waals surface area contributed by atoms with Crippen molar-refractivity contribution in [1.82, 2.24) is 0 Å². The highest BCUT2D eigenvalue weighted by atomic mass is 16.6. The van der Waals surface area contributed by atoms with Crippen LogP contribution < -0.4 is 5.73 Å². The molecule has 0 saturated heterocycles. The molecule has 0 aliphatic heterocycles. The molecule has 0 aromatic heterocycles. The maximum Gasteiger partial charge on any atom is 0.292 e. The summed E-state index contributed by atoms with van der Waals surface area (Å²) in [4.78, 5) is 10.6. The fourth-order valence-corrected chi connectivity index (χ4v) is 3.44. The average molecular weight is 290 g/mol. The van der Waals surface area contributed by atoms with Crippen molar-refractivity contribution in [2.24, 2.45) is 5.92 Å². The van der Waals surface area contributed by atoms with Crippen LogP contribution in [0.4, 0.5) is 11.4 Å². The Morgan fingerprint density at radius 3 is 2.57 bits per heavy atom. The molecule has 116 valence electrons. The van der Waals surface area contributed by atoms with Crippen molar-refractivity contribution < 1.29 is 4.92 Å². The lowest BCUT2D eigenvalue weighted by molar-refractivity contribution is -0.384. The predicted octanol–water partition coefficient (Wildman–Crippen LogP) is 5.03. The molecule has 1 saturated carbocycles. The molecular weight excluding hydrogens is 264 g/mol. The van der Waals surface area contributed by atoms with Crippen LogP contribution >= 0.6 is 0 Å². The summed E-state index contributed by atoms with van der Waals surface area (Å²) in [5, 5.41) is 11.0. The van der Waals surface area contributed by atoms with E-state index in [4.69, 9.17) is 5.73 Å². The number of nitrogens with two attached hydrogens (primary N) is 1. The third kappa shape index (κ3) is 4.19. The molecule has 1 fully saturated rings. The number of nitrogens with zero attached hydrogens (tertiary/aromatic N) is 1. The van der Waals surface area contributed by atoms with Crippen molar-refractivity contribution in [3.05, 3.63) is 33.9 Å². The molecule has 1 aliphatic rings. The summed E-state index contributed by atoms with van der Waals surface area (Å²) in [6, 6.07) is 5.32. The van der Waals surface area contributed by atoms with Gasteiger partial charge in [-0.25, -0.2) is 0 Å². The SMILES string of the molecule is CCCCC[C@H]1CC[C@H](c2ccc(N)c([N+](=O)[O-])c2)CC1. The van der Waals surface area contributed by atoms with E-state index >= 15 is 0 Å². The number of benzene rings is 1. The maximum atomic E-state index is 11.0. The van der Waals surface area contributed by atoms with Gasteiger partial charge in [0.25, 0.3) is 5.69 Å². The van der Waals surface area contributed by atoms with Gasteiger partial charge < -0.3 is 5.73 Å². The molecule has 4 heteroatoms. The number of nitro groups is 1. The van der Waals surface area contributed by atoms with Gasteiger partial charge in [-0.05, 0) is 49.1 Å². The molecule has 21 heavy (non-hydrogen) atoms. The minimum absolute atomic E-state index is 0.0533. The van der Waals surface area contributed by atoms with E-state index in [9.17, 15) is 10.1 Å². The van der Waals surface area contributed by atoms with Crippen molar-refractivity contribution in [1.29, 1.82) is 0 Å². The first kappa shape index (κ1) is 15.8. The number of hydrogen-bond donors (Lipinski definition) is 1. The van der Waals surface area contributed by atoms with Crippen LogP contribution in [0.25, 0.3) is 0 Å². The summed E-state index contributed by atoms with van der Waals surface area (Å²) in [7, 11) is 0. The second-order valence-corrected chi connectivity index (χ2v) is 6.29. The van der Waals surface area contributed by atoms with Crippen LogP contribution in [0.15, 0.2) is 18.2 Å². The number of rotatable bonds is 6. The smallest absolute Gasteiger partial charge is 0.292 e. The highest BCUT2D eigenvalue weighted by Gasteiger charge is 2.24. The van der Waals surface area contributed by atoms with Crippen LogP contribution in [-0.4, -0.2) is 4.92 Å². The van der Waals surface area contributed by atoms with Gasteiger partial charge in [0, 0.05) is 6.07 Å². The fraction of sp³-hybridized carbons (Fsp3) is 0.647. The Labute approximate surface area is 126 Å². The lowest BCUT2D eigenvalue weighted by Crippen LogP contribution is -2.13. The zero-order valence-corrected chi connectivity index (χ0v) is 12.9. The molecule has 1 aromatic carbocycles. The quantitative estimate of drug-likeness (QED) is 0.345. The molecule has 2 rings (SSSR count). The van der Waals surface area contributed by atoms with Crippen LogP contribution in [0.5, 0.6) is 0 Å². The van der Waals surface area contributed by atoms with Crippen LogP contribution in [0.2, 0.25) is 0 Å². The van der Waals surface area contributed by atoms with Gasteiger partial charge in [0.1, 0.15) is 5.69 Å². The largest absolute Gasteiger partial charge is 0.393 e. The predicted molar refractivity (Wildman–Crippen MR) is 86.3 cm³/mol. The molecular formula is C17H26N2O2. The molecule has 0 unspecified atom stereocenters. The Balaban J connectivity index is 1.93. The van der Waals surface area contributed by atoms with Crippen molar-refractivity contribution in [2.75, 3.05) is 5.73 Å². The van der Waals surface area contributed by atoms with E-state index in [2.05, 4.69) is 6.92 Å². The molecule has 0 radical (unpaired) electrons. The van der Waals surface area contributed by atoms with Gasteiger partial charge in [-0.1, -0.05) is 38.7 Å². The number of unbranched alkanes of at least 4 members (excludes halogenated alkanes) is 2. The van der Waals surface area contributed by atoms with Gasteiger partial charge in [-0.3, -0.25) is 10.1 Å². The lowest BCUT2D eigenvalue weighted by atomic mass is 9.77. The number of nitrogen functional groups attached to an aromatic ring is 1. The summed E-state index contributed by atoms with van der Waals surface area (Å²) >= 11 is 0. The summed E-state index contributed by atoms with van der Waals surface area (Å²) < 4.78 is 0. The Morgan fingerprint density at radius 1 is 1.24 bits per heavy atom. The summed E-state index contributed by atoms with van der Waals surface area (Å²) in [5.74, 6) is 1.32. The molecule has 4 nitrogen and oxygen atoms in total. The highest BCUT2D eigenvalue weighted by molar-refractivity contribution is 5.59. The Morgan fingerprint density at radius 2 is 1.95 bits per heavy atom. The minimum Gasteiger partial charge on any atom is -0.393 e. The fourth-order valence-electron chi connectivity index (χ4n) is 3.44. The standard InChI is InChI=1S/C17H26N2O2/c1-2-3-4-5-13-6-8-14(9-7-13)15-10-11-16(18)17(12-15)19(20)21/h10-14H,2-9,18H2,1H3/t13-,14-. The van der Waals surface area contributed by atoms with Crippen LogP contribution in [-0.2, 0) is 0 Å². The van der Waals surface area contributed by atoms with Gasteiger partial charge >= 0.3 is 0 Å². The first-order chi connectivity index (χ1) is 10.1. The van der Waals surface area contributed by atoms with Crippen molar-refractivity contribution >= 4 is 11.4 Å². The third-order valence-corrected chi connectivity index (χ3v) is 4.79. The topological polar surface area (TPSA) is 69.2 Å². The van der Waals surface area contributed by atoms with E-state index in [0.29, 0.717) is 5.92 Å². The molecule has 2 N–H and O–H groups in total. The van der Waals surface area contributed by atoms with E-state index in [1.54, 1.807) is 12.1 Å². The molecule has 1 aliphatic carbocycles. The Hall–Kier alpha value is -1.58. The summed E-state index contributed by atoms with van der Waals surface area (Å²) in [5.41, 5.74) is 7.07. The van der Waals surface area contributed by atoms with Crippen LogP contribution in [0.1, 0.15) is 69.8 Å². The second-order valence-electron chi connectivity index (χ2n) is 6.29. The number of nitro benzene ring substituents is 1. The first-order valence-corrected chi connectivity index (χ1v) is 8.15. The monoisotopic (exact) mass is 290 g/mol. The van der Waals surface area contributed by atoms with Crippen LogP contribution in [0, 0.1) is 16.0 Å². The van der Waals surface area contributed by atoms with Gasteiger partial charge in [0.15, 0.2) is 0 Å². The zero-order chi connectivity index (χ0) is 15.2. The molecule has 0 heterocycles. The zero-order valence-electron chi connectivity index (χ0n) is 12.9. The normalized spacial score (nSPS) is 22.1. The van der Waals surface area contributed by atoms with E-state index < -0.39 is 0 Å². The third-order valence-electron chi connectivity index (χ3n) is 4.79. The van der Waals surface area contributed by atoms with Crippen molar-refractivity contribution in [3.8, 4) is 0 Å². The molecule has 0 spiro atoms. The second kappa shape index (κ2) is 7.43. The van der Waals surface area contributed by atoms with Gasteiger partial charge in [0.05, 0.1) is 4.92 Å². The van der Waals surface area contributed by atoms with Crippen molar-refractivity contribution in [2.45, 2.75) is 64.2 Å². The first-order valence-electron chi connectivity index (χ1n) is 8.15. The van der Waals surface area contributed by atoms with E-state index in [0.717, 1.165) is 24.3 Å². The molecule has 0 atom stereocenters. The lowest BCUT2D eigenvalue weighted by Gasteiger charge is -2.28. The van der Waals surface area contributed by atoms with Gasteiger partial charge in [0.2, 0.25) is 0 Å². The highest BCUT2D eigenvalue weighted by Crippen LogP contribution is 2.39. The number of anilines is 1. The van der Waals surface area contributed by atoms with E-state index in [1.807, 2.05) is 6.07 Å². The van der Waals surface area contributed by atoms with Crippen molar-refractivity contribution in [3.63, 3.8) is 0 Å². The molecule has 1 aromatic rings. The Bertz CT molecular complexity index is 480. The number of hydrogen-bond acceptors (Lipinski definition) is 3. The summed E-state index contributed by atoms with van der Waals surface area (Å²) in [6.45, 7) is 2.24. The Kier molecular flexibility index (Phi) is 5.59. The van der Waals surface area contributed by atoms with E-state index in [1.165, 1.54) is 38.5 Å². The molecule has 0 bridgehead atoms.